The van der Waals surface area contributed by atoms with Gasteiger partial charge in [0.15, 0.2) is 0 Å². The van der Waals surface area contributed by atoms with Crippen molar-refractivity contribution in [3.63, 3.8) is 0 Å². The summed E-state index contributed by atoms with van der Waals surface area (Å²) in [6.45, 7) is 12.8. The van der Waals surface area contributed by atoms with E-state index in [4.69, 9.17) is 11.6 Å². The first-order valence-electron chi connectivity index (χ1n) is 11.2. The molecule has 1 saturated heterocycles. The second-order valence-corrected chi connectivity index (χ2v) is 9.79. The second kappa shape index (κ2) is 12.0. The van der Waals surface area contributed by atoms with Gasteiger partial charge in [-0.15, -0.1) is 0 Å². The molecule has 0 unspecified atom stereocenters. The molecular formula is C23H34ClF3N4O2. The third-order valence-corrected chi connectivity index (χ3v) is 5.60. The normalized spacial score (nSPS) is 15.8. The molecule has 0 saturated carbocycles. The van der Waals surface area contributed by atoms with Gasteiger partial charge in [0, 0.05) is 45.0 Å². The maximum atomic E-state index is 13.0. The third kappa shape index (κ3) is 9.14. The minimum atomic E-state index is -4.59. The Morgan fingerprint density at radius 1 is 1.00 bits per heavy atom. The molecule has 1 heterocycles. The lowest BCUT2D eigenvalue weighted by Gasteiger charge is -2.35. The molecule has 6 nitrogen and oxygen atoms in total. The van der Waals surface area contributed by atoms with Crippen LogP contribution < -0.4 is 5.32 Å². The van der Waals surface area contributed by atoms with Crippen LogP contribution in [-0.4, -0.2) is 78.9 Å². The standard InChI is InChI=1S/C23H34ClF3N4O2/c1-16(2)12-31(13-17(3)4)22(33)15-30-9-7-29(8-10-30)14-21(32)28-18-5-6-20(24)19(11-18)23(25,26)27/h5-6,11,16-17H,7-10,12-15H2,1-4H3,(H,28,32). The van der Waals surface area contributed by atoms with Crippen molar-refractivity contribution in [2.24, 2.45) is 11.8 Å². The highest BCUT2D eigenvalue weighted by Gasteiger charge is 2.33. The second-order valence-electron chi connectivity index (χ2n) is 9.38. The van der Waals surface area contributed by atoms with Crippen LogP contribution in [0.2, 0.25) is 5.02 Å². The zero-order valence-corrected chi connectivity index (χ0v) is 20.5. The number of carbonyl (C=O) groups excluding carboxylic acids is 2. The molecule has 1 N–H and O–H groups in total. The Kier molecular flexibility index (Phi) is 10.00. The number of amides is 2. The molecular weight excluding hydrogens is 457 g/mol. The molecule has 0 spiro atoms. The van der Waals surface area contributed by atoms with Crippen LogP contribution >= 0.6 is 11.6 Å². The fourth-order valence-electron chi connectivity index (χ4n) is 3.78. The number of nitrogens with zero attached hydrogens (tertiary/aromatic N) is 3. The van der Waals surface area contributed by atoms with Crippen LogP contribution in [-0.2, 0) is 15.8 Å². The van der Waals surface area contributed by atoms with E-state index in [9.17, 15) is 22.8 Å². The highest BCUT2D eigenvalue weighted by Crippen LogP contribution is 2.36. The predicted octanol–water partition coefficient (Wildman–Crippen LogP) is 4.06. The molecule has 0 aliphatic carbocycles. The number of alkyl halides is 3. The minimum Gasteiger partial charge on any atom is -0.341 e. The Morgan fingerprint density at radius 2 is 1.52 bits per heavy atom. The van der Waals surface area contributed by atoms with Crippen LogP contribution in [0, 0.1) is 11.8 Å². The van der Waals surface area contributed by atoms with E-state index in [0.717, 1.165) is 25.2 Å². The number of hydrogen-bond donors (Lipinski definition) is 1. The average molecular weight is 491 g/mol. The molecule has 1 aromatic carbocycles. The number of halogens is 4. The number of benzene rings is 1. The van der Waals surface area contributed by atoms with Crippen LogP contribution in [0.5, 0.6) is 0 Å². The first kappa shape index (κ1) is 27.4. The van der Waals surface area contributed by atoms with Gasteiger partial charge in [-0.25, -0.2) is 0 Å². The van der Waals surface area contributed by atoms with Crippen LogP contribution in [0.3, 0.4) is 0 Å². The van der Waals surface area contributed by atoms with Gasteiger partial charge in [-0.1, -0.05) is 39.3 Å². The van der Waals surface area contributed by atoms with Gasteiger partial charge >= 0.3 is 6.18 Å². The summed E-state index contributed by atoms with van der Waals surface area (Å²) < 4.78 is 39.0. The Hall–Kier alpha value is -1.84. The SMILES string of the molecule is CC(C)CN(CC(C)C)C(=O)CN1CCN(CC(=O)Nc2ccc(Cl)c(C(F)(F)F)c2)CC1. The van der Waals surface area contributed by atoms with E-state index in [2.05, 4.69) is 37.9 Å². The molecule has 0 bridgehead atoms. The molecule has 0 atom stereocenters. The van der Waals surface area contributed by atoms with Crippen molar-refractivity contribution in [2.45, 2.75) is 33.9 Å². The van der Waals surface area contributed by atoms with Gasteiger partial charge < -0.3 is 10.2 Å². The smallest absolute Gasteiger partial charge is 0.341 e. The van der Waals surface area contributed by atoms with Crippen LogP contribution in [0.1, 0.15) is 33.3 Å². The van der Waals surface area contributed by atoms with Crippen molar-refractivity contribution in [3.05, 3.63) is 28.8 Å². The molecule has 0 radical (unpaired) electrons. The Labute approximate surface area is 199 Å². The van der Waals surface area contributed by atoms with Gasteiger partial charge in [0.2, 0.25) is 11.8 Å². The molecule has 2 amide bonds. The molecule has 0 aromatic heterocycles. The summed E-state index contributed by atoms with van der Waals surface area (Å²) in [4.78, 5) is 31.1. The quantitative estimate of drug-likeness (QED) is 0.567. The van der Waals surface area contributed by atoms with Crippen LogP contribution in [0.25, 0.3) is 0 Å². The van der Waals surface area contributed by atoms with E-state index in [0.29, 0.717) is 44.6 Å². The molecule has 1 aromatic rings. The van der Waals surface area contributed by atoms with Gasteiger partial charge in [-0.2, -0.15) is 13.2 Å². The number of nitrogens with one attached hydrogen (secondary N) is 1. The van der Waals surface area contributed by atoms with E-state index >= 15 is 0 Å². The van der Waals surface area contributed by atoms with Crippen molar-refractivity contribution in [1.82, 2.24) is 14.7 Å². The lowest BCUT2D eigenvalue weighted by atomic mass is 10.1. The Bertz CT molecular complexity index is 799. The van der Waals surface area contributed by atoms with Gasteiger partial charge in [-0.05, 0) is 30.0 Å². The molecule has 1 aliphatic rings. The molecule has 2 rings (SSSR count). The highest BCUT2D eigenvalue weighted by molar-refractivity contribution is 6.31. The maximum absolute atomic E-state index is 13.0. The van der Waals surface area contributed by atoms with Crippen LogP contribution in [0.15, 0.2) is 18.2 Å². The summed E-state index contributed by atoms with van der Waals surface area (Å²) in [6.07, 6.45) is -4.59. The summed E-state index contributed by atoms with van der Waals surface area (Å²) in [5, 5.41) is 2.10. The lowest BCUT2D eigenvalue weighted by Crippen LogP contribution is -2.52. The Balaban J connectivity index is 1.83. The van der Waals surface area contributed by atoms with Gasteiger partial charge in [0.1, 0.15) is 0 Å². The summed E-state index contributed by atoms with van der Waals surface area (Å²) in [5.41, 5.74) is -0.930. The van der Waals surface area contributed by atoms with Gasteiger partial charge in [-0.3, -0.25) is 19.4 Å². The zero-order chi connectivity index (χ0) is 24.8. The summed E-state index contributed by atoms with van der Waals surface area (Å²) in [5.74, 6) is 0.522. The number of rotatable bonds is 9. The number of carbonyl (C=O) groups is 2. The summed E-state index contributed by atoms with van der Waals surface area (Å²) >= 11 is 5.62. The van der Waals surface area contributed by atoms with Crippen molar-refractivity contribution >= 4 is 29.1 Å². The third-order valence-electron chi connectivity index (χ3n) is 5.27. The lowest BCUT2D eigenvalue weighted by molar-refractivity contribution is -0.137. The minimum absolute atomic E-state index is 0.0522. The van der Waals surface area contributed by atoms with E-state index in [-0.39, 0.29) is 18.1 Å². The average Bonchev–Trinajstić information content (AvgIpc) is 2.69. The van der Waals surface area contributed by atoms with Crippen molar-refractivity contribution < 1.29 is 22.8 Å². The number of hydrogen-bond acceptors (Lipinski definition) is 4. The molecule has 33 heavy (non-hydrogen) atoms. The number of anilines is 1. The zero-order valence-electron chi connectivity index (χ0n) is 19.7. The van der Waals surface area contributed by atoms with E-state index < -0.39 is 22.7 Å². The number of piperazine rings is 1. The fraction of sp³-hybridized carbons (Fsp3) is 0.652. The summed E-state index contributed by atoms with van der Waals surface area (Å²) in [7, 11) is 0. The largest absolute Gasteiger partial charge is 0.417 e. The topological polar surface area (TPSA) is 55.9 Å². The highest BCUT2D eigenvalue weighted by atomic mass is 35.5. The Morgan fingerprint density at radius 3 is 2.00 bits per heavy atom. The monoisotopic (exact) mass is 490 g/mol. The first-order valence-corrected chi connectivity index (χ1v) is 11.6. The van der Waals surface area contributed by atoms with Crippen molar-refractivity contribution in [3.8, 4) is 0 Å². The van der Waals surface area contributed by atoms with Gasteiger partial charge in [0.25, 0.3) is 0 Å². The van der Waals surface area contributed by atoms with Crippen molar-refractivity contribution in [1.29, 1.82) is 0 Å². The predicted molar refractivity (Wildman–Crippen MR) is 124 cm³/mol. The molecule has 1 fully saturated rings. The molecule has 1 aliphatic heterocycles. The summed E-state index contributed by atoms with van der Waals surface area (Å²) in [6, 6.07) is 3.31. The molecule has 10 heteroatoms. The van der Waals surface area contributed by atoms with Gasteiger partial charge in [0.05, 0.1) is 23.7 Å². The first-order chi connectivity index (χ1) is 15.3. The van der Waals surface area contributed by atoms with Crippen molar-refractivity contribution in [2.75, 3.05) is 57.7 Å². The van der Waals surface area contributed by atoms with E-state index in [1.165, 1.54) is 6.07 Å². The maximum Gasteiger partial charge on any atom is 0.417 e. The fourth-order valence-corrected chi connectivity index (χ4v) is 4.01. The van der Waals surface area contributed by atoms with Crippen LogP contribution in [0.4, 0.5) is 18.9 Å². The van der Waals surface area contributed by atoms with E-state index in [1.54, 1.807) is 0 Å². The molecule has 186 valence electrons. The van der Waals surface area contributed by atoms with E-state index in [1.807, 2.05) is 9.80 Å².